The van der Waals surface area contributed by atoms with Crippen molar-refractivity contribution in [3.05, 3.63) is 0 Å². The van der Waals surface area contributed by atoms with Crippen molar-refractivity contribution in [2.24, 2.45) is 0 Å². The van der Waals surface area contributed by atoms with E-state index in [0.717, 1.165) is 38.5 Å². The summed E-state index contributed by atoms with van der Waals surface area (Å²) in [6.07, 6.45) is 6.20. The topological polar surface area (TPSA) is 153 Å². The van der Waals surface area contributed by atoms with Gasteiger partial charge in [0.05, 0.1) is 46.2 Å². The van der Waals surface area contributed by atoms with Crippen molar-refractivity contribution in [3.63, 3.8) is 0 Å². The summed E-state index contributed by atoms with van der Waals surface area (Å²) < 4.78 is 21.1. The average Bonchev–Trinajstić information content (AvgIpc) is 2.93. The van der Waals surface area contributed by atoms with Crippen LogP contribution < -0.4 is 21.3 Å². The third kappa shape index (κ3) is 24.7. The number of methoxy groups -OCH3 is 1. The van der Waals surface area contributed by atoms with E-state index in [1.165, 1.54) is 0 Å². The molecule has 0 aromatic rings. The summed E-state index contributed by atoms with van der Waals surface area (Å²) in [5.41, 5.74) is 0. The van der Waals surface area contributed by atoms with Crippen molar-refractivity contribution in [2.75, 3.05) is 73.0 Å². The number of carbonyl (C=O) groups is 4. The lowest BCUT2D eigenvalue weighted by Gasteiger charge is -2.18. The minimum Gasteiger partial charge on any atom is -0.382 e. The van der Waals surface area contributed by atoms with Crippen LogP contribution in [0, 0.1) is 0 Å². The lowest BCUT2D eigenvalue weighted by molar-refractivity contribution is -0.130. The van der Waals surface area contributed by atoms with Crippen molar-refractivity contribution < 1.29 is 38.1 Å². The molecular formula is C28H54N4O8. The van der Waals surface area contributed by atoms with Crippen LogP contribution in [0.2, 0.25) is 0 Å². The molecule has 0 aromatic heterocycles. The molecule has 0 radical (unpaired) electrons. The Hall–Kier alpha value is -2.28. The Morgan fingerprint density at radius 1 is 0.575 bits per heavy atom. The first-order chi connectivity index (χ1) is 19.4. The molecule has 0 rings (SSSR count). The van der Waals surface area contributed by atoms with E-state index in [2.05, 4.69) is 28.2 Å². The first-order valence-corrected chi connectivity index (χ1v) is 14.8. The predicted octanol–water partition coefficient (Wildman–Crippen LogP) is 1.46. The van der Waals surface area contributed by atoms with Crippen LogP contribution in [0.15, 0.2) is 0 Å². The fourth-order valence-corrected chi connectivity index (χ4v) is 3.51. The summed E-state index contributed by atoms with van der Waals surface area (Å²) in [6.45, 7) is 8.51. The lowest BCUT2D eigenvalue weighted by Crippen LogP contribution is -2.48. The van der Waals surface area contributed by atoms with Gasteiger partial charge in [0.25, 0.3) is 0 Å². The van der Waals surface area contributed by atoms with Gasteiger partial charge in [-0.2, -0.15) is 0 Å². The molecule has 4 amide bonds. The maximum Gasteiger partial charge on any atom is 0.242 e. The molecule has 0 aliphatic heterocycles. The molecule has 12 heteroatoms. The van der Waals surface area contributed by atoms with Crippen LogP contribution in [0.4, 0.5) is 0 Å². The van der Waals surface area contributed by atoms with Gasteiger partial charge in [0, 0.05) is 46.0 Å². The Bertz CT molecular complexity index is 666. The second-order valence-corrected chi connectivity index (χ2v) is 9.39. The van der Waals surface area contributed by atoms with Crippen molar-refractivity contribution in [2.45, 2.75) is 84.1 Å². The molecule has 0 bridgehead atoms. The van der Waals surface area contributed by atoms with Gasteiger partial charge in [0.1, 0.15) is 6.04 Å². The number of hydrogen-bond acceptors (Lipinski definition) is 8. The Labute approximate surface area is 240 Å². The lowest BCUT2D eigenvalue weighted by atomic mass is 10.1. The molecule has 40 heavy (non-hydrogen) atoms. The number of hydrogen-bond donors (Lipinski definition) is 4. The van der Waals surface area contributed by atoms with Crippen molar-refractivity contribution >= 4 is 23.6 Å². The Kier molecular flexibility index (Phi) is 26.6. The Morgan fingerprint density at radius 2 is 1.15 bits per heavy atom. The van der Waals surface area contributed by atoms with Gasteiger partial charge in [-0.15, -0.1) is 0 Å². The molecule has 234 valence electrons. The van der Waals surface area contributed by atoms with Gasteiger partial charge < -0.3 is 40.2 Å². The molecule has 12 nitrogen and oxygen atoms in total. The maximum absolute atomic E-state index is 12.7. The van der Waals surface area contributed by atoms with Crippen molar-refractivity contribution in [1.82, 2.24) is 21.3 Å². The van der Waals surface area contributed by atoms with Gasteiger partial charge in [-0.1, -0.05) is 26.7 Å². The van der Waals surface area contributed by atoms with Gasteiger partial charge in [-0.05, 0) is 32.1 Å². The third-order valence-corrected chi connectivity index (χ3v) is 5.77. The summed E-state index contributed by atoms with van der Waals surface area (Å²) >= 11 is 0. The third-order valence-electron chi connectivity index (χ3n) is 5.77. The van der Waals surface area contributed by atoms with Crippen molar-refractivity contribution in [1.29, 1.82) is 0 Å². The van der Waals surface area contributed by atoms with Crippen molar-refractivity contribution in [3.8, 4) is 0 Å². The highest BCUT2D eigenvalue weighted by Crippen LogP contribution is 2.03. The van der Waals surface area contributed by atoms with Crippen LogP contribution in [0.5, 0.6) is 0 Å². The average molecular weight is 575 g/mol. The maximum atomic E-state index is 12.7. The van der Waals surface area contributed by atoms with Crippen LogP contribution >= 0.6 is 0 Å². The number of carbonyl (C=O) groups excluding carboxylic acids is 4. The predicted molar refractivity (Wildman–Crippen MR) is 153 cm³/mol. The minimum absolute atomic E-state index is 0.0451. The number of ether oxygens (including phenoxy) is 4. The van der Waals surface area contributed by atoms with E-state index in [9.17, 15) is 19.2 Å². The fraction of sp³-hybridized carbons (Fsp3) is 0.857. The highest BCUT2D eigenvalue weighted by Gasteiger charge is 2.21. The zero-order chi connectivity index (χ0) is 29.7. The van der Waals surface area contributed by atoms with Gasteiger partial charge in [0.15, 0.2) is 0 Å². The zero-order valence-electron chi connectivity index (χ0n) is 25.0. The standard InChI is InChI=1S/C28H54N4O8/c1-4-6-7-11-27(35)32-24(12-13-26(34)30-15-9-8-14-29-25(33)10-5-2)28(36)31-16-17-38-20-21-40-23-22-39-19-18-37-3/h24H,4-23H2,1-3H3,(H,29,33)(H,30,34)(H,31,36)(H,32,35)/t24-/m0/s1. The molecule has 0 saturated carbocycles. The van der Waals surface area contributed by atoms with Crippen LogP contribution in [-0.4, -0.2) is 103 Å². The first kappa shape index (κ1) is 37.7. The smallest absolute Gasteiger partial charge is 0.242 e. The van der Waals surface area contributed by atoms with Crippen LogP contribution in [0.3, 0.4) is 0 Å². The van der Waals surface area contributed by atoms with E-state index in [-0.39, 0.29) is 43.0 Å². The van der Waals surface area contributed by atoms with Gasteiger partial charge in [-0.3, -0.25) is 19.2 Å². The van der Waals surface area contributed by atoms with E-state index in [4.69, 9.17) is 18.9 Å². The molecule has 0 heterocycles. The van der Waals surface area contributed by atoms with E-state index in [0.29, 0.717) is 72.2 Å². The summed E-state index contributed by atoms with van der Waals surface area (Å²) in [5, 5.41) is 11.2. The quantitative estimate of drug-likeness (QED) is 0.102. The minimum atomic E-state index is -0.796. The molecule has 0 fully saturated rings. The number of nitrogens with one attached hydrogen (secondary N) is 4. The largest absolute Gasteiger partial charge is 0.382 e. The normalized spacial score (nSPS) is 11.6. The summed E-state index contributed by atoms with van der Waals surface area (Å²) in [6, 6.07) is -0.796. The molecular weight excluding hydrogens is 520 g/mol. The molecule has 4 N–H and O–H groups in total. The van der Waals surface area contributed by atoms with Gasteiger partial charge >= 0.3 is 0 Å². The Morgan fingerprint density at radius 3 is 1.73 bits per heavy atom. The second-order valence-electron chi connectivity index (χ2n) is 9.39. The van der Waals surface area contributed by atoms with Gasteiger partial charge in [-0.25, -0.2) is 0 Å². The molecule has 0 saturated heterocycles. The van der Waals surface area contributed by atoms with Gasteiger partial charge in [0.2, 0.25) is 23.6 Å². The molecule has 0 unspecified atom stereocenters. The summed E-state index contributed by atoms with van der Waals surface area (Å²) in [5.74, 6) is -0.671. The molecule has 0 aromatic carbocycles. The monoisotopic (exact) mass is 574 g/mol. The SMILES string of the molecule is CCCCCC(=O)N[C@@H](CCC(=O)NCCCCNC(=O)CCC)C(=O)NCCOCCOCCOCCOC. The second kappa shape index (κ2) is 28.3. The molecule has 0 spiro atoms. The zero-order valence-corrected chi connectivity index (χ0v) is 25.0. The fourth-order valence-electron chi connectivity index (χ4n) is 3.51. The number of rotatable bonds is 28. The van der Waals surface area contributed by atoms with E-state index in [1.54, 1.807) is 7.11 Å². The molecule has 0 aliphatic carbocycles. The Balaban J connectivity index is 4.25. The first-order valence-electron chi connectivity index (χ1n) is 14.8. The summed E-state index contributed by atoms with van der Waals surface area (Å²) in [7, 11) is 1.62. The van der Waals surface area contributed by atoms with Crippen LogP contribution in [0.1, 0.15) is 78.1 Å². The van der Waals surface area contributed by atoms with Crippen LogP contribution in [-0.2, 0) is 38.1 Å². The van der Waals surface area contributed by atoms with E-state index >= 15 is 0 Å². The number of amides is 4. The van der Waals surface area contributed by atoms with E-state index < -0.39 is 6.04 Å². The van der Waals surface area contributed by atoms with E-state index in [1.807, 2.05) is 6.92 Å². The highest BCUT2D eigenvalue weighted by molar-refractivity contribution is 5.88. The number of unbranched alkanes of at least 4 members (excludes halogenated alkanes) is 3. The van der Waals surface area contributed by atoms with Crippen LogP contribution in [0.25, 0.3) is 0 Å². The molecule has 1 atom stereocenters. The summed E-state index contributed by atoms with van der Waals surface area (Å²) in [4.78, 5) is 48.8. The highest BCUT2D eigenvalue weighted by atomic mass is 16.6. The molecule has 0 aliphatic rings.